The number of hydrogen-bond donors (Lipinski definition) is 0. The molecule has 0 fully saturated rings. The largest absolute Gasteiger partial charge is 0.0654 e. The molecular weight excluding hydrogens is 553 g/mol. The van der Waals surface area contributed by atoms with Crippen LogP contribution in [0.2, 0.25) is 0 Å². The van der Waals surface area contributed by atoms with E-state index in [1.165, 1.54) is 263 Å². The fourth-order valence-corrected chi connectivity index (χ4v) is 7.74. The van der Waals surface area contributed by atoms with Crippen molar-refractivity contribution in [1.82, 2.24) is 0 Å². The molecule has 0 aliphatic rings. The van der Waals surface area contributed by atoms with Gasteiger partial charge in [-0.05, 0) is 5.92 Å². The molecule has 1 unspecified atom stereocenters. The molecule has 0 spiro atoms. The van der Waals surface area contributed by atoms with Gasteiger partial charge in [-0.3, -0.25) is 0 Å². The maximum Gasteiger partial charge on any atom is -0.0414 e. The monoisotopic (exact) mass is 646 g/mol. The van der Waals surface area contributed by atoms with Gasteiger partial charge in [0.1, 0.15) is 0 Å². The average Bonchev–Trinajstić information content (AvgIpc) is 3.06. The molecule has 0 nitrogen and oxygen atoms in total. The highest BCUT2D eigenvalue weighted by molar-refractivity contribution is 4.62. The number of unbranched alkanes of at least 4 members (excludes halogenated alkanes) is 36. The van der Waals surface area contributed by atoms with Crippen LogP contribution in [0.5, 0.6) is 0 Å². The zero-order chi connectivity index (χ0) is 33.3. The maximum atomic E-state index is 4.19. The Bertz CT molecular complexity index is 494. The Morgan fingerprint density at radius 3 is 0.587 bits per heavy atom. The first kappa shape index (κ1) is 46.0. The summed E-state index contributed by atoms with van der Waals surface area (Å²) in [5.41, 5.74) is 0. The third-order valence-electron chi connectivity index (χ3n) is 11.0. The smallest absolute Gasteiger partial charge is 0.0414 e. The predicted molar refractivity (Wildman–Crippen MR) is 214 cm³/mol. The van der Waals surface area contributed by atoms with E-state index in [-0.39, 0.29) is 0 Å². The summed E-state index contributed by atoms with van der Waals surface area (Å²) in [5, 5.41) is 0. The van der Waals surface area contributed by atoms with Gasteiger partial charge in [-0.1, -0.05) is 290 Å². The Hall–Kier alpha value is 0. The van der Waals surface area contributed by atoms with Gasteiger partial charge in [0, 0.05) is 0 Å². The molecule has 0 aromatic heterocycles. The van der Waals surface area contributed by atoms with E-state index in [0.717, 1.165) is 12.3 Å². The zero-order valence-corrected chi connectivity index (χ0v) is 33.0. The molecule has 46 heavy (non-hydrogen) atoms. The van der Waals surface area contributed by atoms with Crippen LogP contribution in [-0.4, -0.2) is 0 Å². The van der Waals surface area contributed by atoms with Gasteiger partial charge in [0.15, 0.2) is 0 Å². The second-order valence-corrected chi connectivity index (χ2v) is 15.8. The fraction of sp³-hybridized carbons (Fsp3) is 0.978. The van der Waals surface area contributed by atoms with E-state index in [1.54, 1.807) is 0 Å². The molecule has 0 saturated heterocycles. The van der Waals surface area contributed by atoms with E-state index >= 15 is 0 Å². The Morgan fingerprint density at radius 1 is 0.239 bits per heavy atom. The van der Waals surface area contributed by atoms with Crippen LogP contribution in [0.1, 0.15) is 284 Å². The Labute approximate surface area is 295 Å². The van der Waals surface area contributed by atoms with Gasteiger partial charge in [-0.25, -0.2) is 0 Å². The fourth-order valence-electron chi connectivity index (χ4n) is 7.74. The van der Waals surface area contributed by atoms with Crippen molar-refractivity contribution in [2.24, 2.45) is 5.92 Å². The SMILES string of the molecule is [CH2]CCC(CCCCCCCCCCCCCCCCCC)CCCCCCCCCCCCCCCCCCCCCCCC. The van der Waals surface area contributed by atoms with Crippen molar-refractivity contribution in [3.8, 4) is 0 Å². The second-order valence-electron chi connectivity index (χ2n) is 15.8. The molecule has 0 heteroatoms. The van der Waals surface area contributed by atoms with Crippen LogP contribution in [0.3, 0.4) is 0 Å². The van der Waals surface area contributed by atoms with Crippen LogP contribution < -0.4 is 0 Å². The molecule has 0 aromatic rings. The highest BCUT2D eigenvalue weighted by Crippen LogP contribution is 2.24. The lowest BCUT2D eigenvalue weighted by atomic mass is 9.90. The first-order chi connectivity index (χ1) is 22.8. The zero-order valence-electron chi connectivity index (χ0n) is 33.0. The van der Waals surface area contributed by atoms with Crippen LogP contribution in [0.15, 0.2) is 0 Å². The first-order valence-electron chi connectivity index (χ1n) is 22.6. The highest BCUT2D eigenvalue weighted by Gasteiger charge is 2.07. The second kappa shape index (κ2) is 43.0. The Morgan fingerprint density at radius 2 is 0.413 bits per heavy atom. The quantitative estimate of drug-likeness (QED) is 0.0579. The number of hydrogen-bond acceptors (Lipinski definition) is 0. The summed E-state index contributed by atoms with van der Waals surface area (Å²) < 4.78 is 0. The van der Waals surface area contributed by atoms with Gasteiger partial charge in [0.05, 0.1) is 0 Å². The minimum atomic E-state index is 0.967. The third kappa shape index (κ3) is 40.2. The van der Waals surface area contributed by atoms with Crippen molar-refractivity contribution in [1.29, 1.82) is 0 Å². The van der Waals surface area contributed by atoms with Gasteiger partial charge in [0.25, 0.3) is 0 Å². The Balaban J connectivity index is 3.32. The molecule has 0 aromatic carbocycles. The van der Waals surface area contributed by atoms with Gasteiger partial charge < -0.3 is 0 Å². The number of rotatable bonds is 42. The maximum absolute atomic E-state index is 4.19. The molecular formula is C46H93. The molecule has 0 N–H and O–H groups in total. The summed E-state index contributed by atoms with van der Waals surface area (Å²) in [5.74, 6) is 0.967. The van der Waals surface area contributed by atoms with E-state index in [2.05, 4.69) is 20.8 Å². The topological polar surface area (TPSA) is 0 Å². The van der Waals surface area contributed by atoms with Crippen molar-refractivity contribution in [2.45, 2.75) is 284 Å². The van der Waals surface area contributed by atoms with E-state index in [4.69, 9.17) is 0 Å². The lowest BCUT2D eigenvalue weighted by molar-refractivity contribution is 0.381. The first-order valence-corrected chi connectivity index (χ1v) is 22.6. The van der Waals surface area contributed by atoms with Crippen LogP contribution in [0.25, 0.3) is 0 Å². The van der Waals surface area contributed by atoms with E-state index in [0.29, 0.717) is 0 Å². The molecule has 0 bridgehead atoms. The molecule has 0 aliphatic heterocycles. The van der Waals surface area contributed by atoms with Crippen molar-refractivity contribution < 1.29 is 0 Å². The van der Waals surface area contributed by atoms with Crippen molar-refractivity contribution >= 4 is 0 Å². The lowest BCUT2D eigenvalue weighted by Crippen LogP contribution is -2.00. The van der Waals surface area contributed by atoms with Gasteiger partial charge in [-0.15, -0.1) is 0 Å². The van der Waals surface area contributed by atoms with E-state index in [9.17, 15) is 0 Å². The van der Waals surface area contributed by atoms with Crippen molar-refractivity contribution in [3.05, 3.63) is 6.92 Å². The summed E-state index contributed by atoms with van der Waals surface area (Å²) in [6.45, 7) is 8.81. The molecule has 277 valence electrons. The van der Waals surface area contributed by atoms with Crippen LogP contribution >= 0.6 is 0 Å². The van der Waals surface area contributed by atoms with Crippen molar-refractivity contribution in [2.75, 3.05) is 0 Å². The van der Waals surface area contributed by atoms with E-state index in [1.807, 2.05) is 0 Å². The van der Waals surface area contributed by atoms with Gasteiger partial charge in [-0.2, -0.15) is 0 Å². The van der Waals surface area contributed by atoms with Crippen molar-refractivity contribution in [3.63, 3.8) is 0 Å². The molecule has 1 atom stereocenters. The third-order valence-corrected chi connectivity index (χ3v) is 11.0. The summed E-state index contributed by atoms with van der Waals surface area (Å²) in [6.07, 6.45) is 61.6. The van der Waals surface area contributed by atoms with Crippen LogP contribution in [0, 0.1) is 12.8 Å². The summed E-state index contributed by atoms with van der Waals surface area (Å²) >= 11 is 0. The molecule has 0 aliphatic carbocycles. The molecule has 0 heterocycles. The summed E-state index contributed by atoms with van der Waals surface area (Å²) in [4.78, 5) is 0. The molecule has 0 saturated carbocycles. The minimum Gasteiger partial charge on any atom is -0.0654 e. The average molecular weight is 646 g/mol. The standard InChI is InChI=1S/C46H93/c1-4-7-9-11-13-15-17-19-21-23-24-25-26-27-28-30-32-34-36-38-40-42-45-46(43-6-3)44-41-39-37-35-33-31-29-22-20-18-16-14-12-10-8-5-2/h46H,3-45H2,1-2H3. The van der Waals surface area contributed by atoms with Crippen LogP contribution in [-0.2, 0) is 0 Å². The van der Waals surface area contributed by atoms with Crippen LogP contribution in [0.4, 0.5) is 0 Å². The highest BCUT2D eigenvalue weighted by atomic mass is 14.1. The normalized spacial score (nSPS) is 12.3. The summed E-state index contributed by atoms with van der Waals surface area (Å²) in [6, 6.07) is 0. The molecule has 0 amide bonds. The van der Waals surface area contributed by atoms with E-state index < -0.39 is 0 Å². The van der Waals surface area contributed by atoms with Gasteiger partial charge >= 0.3 is 0 Å². The Kier molecular flexibility index (Phi) is 43.0. The minimum absolute atomic E-state index is 0.967. The molecule has 0 rings (SSSR count). The van der Waals surface area contributed by atoms with Gasteiger partial charge in [0.2, 0.25) is 0 Å². The lowest BCUT2D eigenvalue weighted by Gasteiger charge is -2.16. The summed E-state index contributed by atoms with van der Waals surface area (Å²) in [7, 11) is 0. The molecule has 1 radical (unpaired) electrons. The predicted octanol–water partition coefficient (Wildman–Crippen LogP) is 17.9.